The van der Waals surface area contributed by atoms with Crippen molar-refractivity contribution in [1.82, 2.24) is 5.32 Å². The normalized spacial score (nSPS) is 11.6. The van der Waals surface area contributed by atoms with Crippen molar-refractivity contribution < 1.29 is 18.7 Å². The highest BCUT2D eigenvalue weighted by molar-refractivity contribution is 6.31. The van der Waals surface area contributed by atoms with Gasteiger partial charge >= 0.3 is 5.97 Å². The van der Waals surface area contributed by atoms with Crippen LogP contribution in [0.3, 0.4) is 0 Å². The van der Waals surface area contributed by atoms with Crippen LogP contribution in [0, 0.1) is 5.82 Å². The number of halogens is 2. The van der Waals surface area contributed by atoms with E-state index in [9.17, 15) is 14.0 Å². The molecule has 0 aliphatic heterocycles. The van der Waals surface area contributed by atoms with E-state index in [1.165, 1.54) is 18.2 Å². The largest absolute Gasteiger partial charge is 0.455 e. The fraction of sp³-hybridized carbons (Fsp3) is 0.263. The van der Waals surface area contributed by atoms with E-state index in [-0.39, 0.29) is 22.9 Å². The minimum atomic E-state index is -0.710. The Hall–Kier alpha value is -2.40. The molecule has 25 heavy (non-hydrogen) atoms. The number of esters is 1. The van der Waals surface area contributed by atoms with Crippen molar-refractivity contribution in [3.05, 3.63) is 70.5 Å². The third-order valence-corrected chi connectivity index (χ3v) is 4.08. The number of hydrogen-bond donors (Lipinski definition) is 1. The molecule has 0 aromatic heterocycles. The van der Waals surface area contributed by atoms with E-state index in [0.29, 0.717) is 6.54 Å². The van der Waals surface area contributed by atoms with Gasteiger partial charge in [0.2, 0.25) is 0 Å². The highest BCUT2D eigenvalue weighted by Gasteiger charge is 2.14. The number of carbonyl (C=O) groups excluding carboxylic acids is 2. The maximum Gasteiger partial charge on any atom is 0.310 e. The molecule has 0 aliphatic rings. The van der Waals surface area contributed by atoms with Crippen LogP contribution >= 0.6 is 11.6 Å². The van der Waals surface area contributed by atoms with Crippen molar-refractivity contribution in [2.45, 2.75) is 19.3 Å². The molecule has 132 valence electrons. The van der Waals surface area contributed by atoms with Crippen molar-refractivity contribution >= 4 is 23.5 Å². The number of rotatable bonds is 7. The number of nitrogens with one attached hydrogen (secondary N) is 1. The van der Waals surface area contributed by atoms with Crippen LogP contribution < -0.4 is 5.32 Å². The lowest BCUT2D eigenvalue weighted by Crippen LogP contribution is -2.32. The van der Waals surface area contributed by atoms with Gasteiger partial charge in [0.05, 0.1) is 6.42 Å². The molecule has 0 saturated carbocycles. The summed E-state index contributed by atoms with van der Waals surface area (Å²) in [4.78, 5) is 23.5. The molecule has 0 heterocycles. The van der Waals surface area contributed by atoms with Gasteiger partial charge in [-0.25, -0.2) is 4.39 Å². The van der Waals surface area contributed by atoms with Crippen molar-refractivity contribution in [3.63, 3.8) is 0 Å². The number of amides is 1. The molecular formula is C19H19ClFNO3. The summed E-state index contributed by atoms with van der Waals surface area (Å²) in [7, 11) is 0. The molecule has 2 rings (SSSR count). The lowest BCUT2D eigenvalue weighted by molar-refractivity contribution is -0.147. The summed E-state index contributed by atoms with van der Waals surface area (Å²) in [5.41, 5.74) is 1.17. The van der Waals surface area contributed by atoms with Crippen LogP contribution in [-0.4, -0.2) is 25.0 Å². The van der Waals surface area contributed by atoms with Crippen LogP contribution in [0.5, 0.6) is 0 Å². The standard InChI is InChI=1S/C19H19ClFNO3/c1-13(14-6-3-2-4-7-14)11-22-18(23)12-25-19(24)10-15-16(20)8-5-9-17(15)21/h2-9,13H,10-12H2,1H3,(H,22,23)/t13-/m0/s1. The van der Waals surface area contributed by atoms with Crippen LogP contribution in [0.4, 0.5) is 4.39 Å². The average molecular weight is 364 g/mol. The molecule has 0 unspecified atom stereocenters. The van der Waals surface area contributed by atoms with E-state index < -0.39 is 24.3 Å². The van der Waals surface area contributed by atoms with Crippen molar-refractivity contribution in [2.75, 3.05) is 13.2 Å². The maximum absolute atomic E-state index is 13.6. The monoisotopic (exact) mass is 363 g/mol. The maximum atomic E-state index is 13.6. The van der Waals surface area contributed by atoms with Crippen LogP contribution in [0.25, 0.3) is 0 Å². The van der Waals surface area contributed by atoms with E-state index in [0.717, 1.165) is 5.56 Å². The summed E-state index contributed by atoms with van der Waals surface area (Å²) in [6.45, 7) is 2.01. The molecule has 0 aliphatic carbocycles. The quantitative estimate of drug-likeness (QED) is 0.766. The van der Waals surface area contributed by atoms with E-state index in [1.54, 1.807) is 0 Å². The third-order valence-electron chi connectivity index (χ3n) is 3.72. The predicted octanol–water partition coefficient (Wildman–Crippen LogP) is 3.48. The number of benzene rings is 2. The molecule has 6 heteroatoms. The second kappa shape index (κ2) is 9.18. The molecule has 0 fully saturated rings. The van der Waals surface area contributed by atoms with Crippen molar-refractivity contribution in [2.24, 2.45) is 0 Å². The number of ether oxygens (including phenoxy) is 1. The summed E-state index contributed by atoms with van der Waals surface area (Å²) < 4.78 is 18.5. The summed E-state index contributed by atoms with van der Waals surface area (Å²) in [5.74, 6) is -1.56. The Balaban J connectivity index is 1.75. The molecule has 0 bridgehead atoms. The first-order valence-corrected chi connectivity index (χ1v) is 8.25. The smallest absolute Gasteiger partial charge is 0.310 e. The molecule has 2 aromatic rings. The summed E-state index contributed by atoms with van der Waals surface area (Å²) >= 11 is 5.85. The lowest BCUT2D eigenvalue weighted by Gasteiger charge is -2.13. The third kappa shape index (κ3) is 5.87. The van der Waals surface area contributed by atoms with Crippen LogP contribution in [0.1, 0.15) is 24.0 Å². The van der Waals surface area contributed by atoms with Crippen LogP contribution in [0.15, 0.2) is 48.5 Å². The number of carbonyl (C=O) groups is 2. The van der Waals surface area contributed by atoms with Crippen molar-refractivity contribution in [3.8, 4) is 0 Å². The first-order chi connectivity index (χ1) is 12.0. The zero-order valence-electron chi connectivity index (χ0n) is 13.8. The Kier molecular flexibility index (Phi) is 6.95. The topological polar surface area (TPSA) is 55.4 Å². The first-order valence-electron chi connectivity index (χ1n) is 7.87. The molecule has 2 aromatic carbocycles. The lowest BCUT2D eigenvalue weighted by atomic mass is 10.0. The average Bonchev–Trinajstić information content (AvgIpc) is 2.62. The SMILES string of the molecule is C[C@@H](CNC(=O)COC(=O)Cc1c(F)cccc1Cl)c1ccccc1. The first kappa shape index (κ1) is 18.9. The predicted molar refractivity (Wildman–Crippen MR) is 93.9 cm³/mol. The zero-order chi connectivity index (χ0) is 18.2. The molecule has 0 spiro atoms. The second-order valence-electron chi connectivity index (χ2n) is 5.65. The molecule has 1 atom stereocenters. The van der Waals surface area contributed by atoms with Gasteiger partial charge in [-0.2, -0.15) is 0 Å². The van der Waals surface area contributed by atoms with Gasteiger partial charge in [-0.05, 0) is 23.6 Å². The number of hydrogen-bond acceptors (Lipinski definition) is 3. The minimum absolute atomic E-state index is 0.0623. The van der Waals surface area contributed by atoms with Gasteiger partial charge in [0.1, 0.15) is 5.82 Å². The molecule has 1 N–H and O–H groups in total. The van der Waals surface area contributed by atoms with Gasteiger partial charge in [-0.3, -0.25) is 9.59 Å². The molecule has 4 nitrogen and oxygen atoms in total. The molecular weight excluding hydrogens is 345 g/mol. The minimum Gasteiger partial charge on any atom is -0.455 e. The van der Waals surface area contributed by atoms with Gasteiger partial charge in [0, 0.05) is 17.1 Å². The highest BCUT2D eigenvalue weighted by Crippen LogP contribution is 2.19. The fourth-order valence-corrected chi connectivity index (χ4v) is 2.49. The summed E-state index contributed by atoms with van der Waals surface area (Å²) in [5, 5.41) is 2.86. The van der Waals surface area contributed by atoms with E-state index >= 15 is 0 Å². The van der Waals surface area contributed by atoms with Gasteiger partial charge in [0.15, 0.2) is 6.61 Å². The Morgan fingerprint density at radius 2 is 1.88 bits per heavy atom. The Morgan fingerprint density at radius 3 is 2.56 bits per heavy atom. The van der Waals surface area contributed by atoms with E-state index in [4.69, 9.17) is 16.3 Å². The van der Waals surface area contributed by atoms with E-state index in [2.05, 4.69) is 5.32 Å². The molecule has 0 radical (unpaired) electrons. The van der Waals surface area contributed by atoms with E-state index in [1.807, 2.05) is 37.3 Å². The fourth-order valence-electron chi connectivity index (χ4n) is 2.26. The van der Waals surface area contributed by atoms with Gasteiger partial charge in [-0.1, -0.05) is 54.9 Å². The van der Waals surface area contributed by atoms with Crippen LogP contribution in [-0.2, 0) is 20.7 Å². The van der Waals surface area contributed by atoms with Crippen molar-refractivity contribution in [1.29, 1.82) is 0 Å². The summed E-state index contributed by atoms with van der Waals surface area (Å²) in [6, 6.07) is 13.9. The van der Waals surface area contributed by atoms with Gasteiger partial charge in [-0.15, -0.1) is 0 Å². The van der Waals surface area contributed by atoms with Gasteiger partial charge in [0.25, 0.3) is 5.91 Å². The Morgan fingerprint density at radius 1 is 1.16 bits per heavy atom. The molecule has 1 amide bonds. The van der Waals surface area contributed by atoms with Gasteiger partial charge < -0.3 is 10.1 Å². The second-order valence-corrected chi connectivity index (χ2v) is 6.06. The Bertz CT molecular complexity index is 716. The molecule has 0 saturated heterocycles. The zero-order valence-corrected chi connectivity index (χ0v) is 14.6. The summed E-state index contributed by atoms with van der Waals surface area (Å²) in [6.07, 6.45) is -0.320. The van der Waals surface area contributed by atoms with Crippen LogP contribution in [0.2, 0.25) is 5.02 Å². The Labute approximate surface area is 150 Å². The highest BCUT2D eigenvalue weighted by atomic mass is 35.5.